The summed E-state index contributed by atoms with van der Waals surface area (Å²) in [7, 11) is 1.74. The molecule has 0 aromatic heterocycles. The summed E-state index contributed by atoms with van der Waals surface area (Å²) < 4.78 is 5.44. The second-order valence-electron chi connectivity index (χ2n) is 5.71. The predicted molar refractivity (Wildman–Crippen MR) is 82.8 cm³/mol. The molecular weight excluding hydrogens is 234 g/mol. The van der Waals surface area contributed by atoms with Crippen LogP contribution in [0.4, 0.5) is 0 Å². The van der Waals surface area contributed by atoms with E-state index in [9.17, 15) is 0 Å². The van der Waals surface area contributed by atoms with Gasteiger partial charge in [0.2, 0.25) is 0 Å². The van der Waals surface area contributed by atoms with Gasteiger partial charge in [0.05, 0.1) is 7.11 Å². The van der Waals surface area contributed by atoms with Gasteiger partial charge in [0.25, 0.3) is 0 Å². The molecular formula is C17H29NO. The summed E-state index contributed by atoms with van der Waals surface area (Å²) in [5.74, 6) is 1.74. The van der Waals surface area contributed by atoms with Gasteiger partial charge in [0, 0.05) is 6.04 Å². The molecule has 1 unspecified atom stereocenters. The molecule has 1 aromatic rings. The van der Waals surface area contributed by atoms with E-state index in [1.165, 1.54) is 30.4 Å². The summed E-state index contributed by atoms with van der Waals surface area (Å²) in [5, 5.41) is 3.66. The van der Waals surface area contributed by atoms with E-state index in [0.29, 0.717) is 6.04 Å². The maximum absolute atomic E-state index is 5.44. The van der Waals surface area contributed by atoms with Crippen molar-refractivity contribution >= 4 is 0 Å². The number of rotatable bonds is 8. The molecule has 1 N–H and O–H groups in total. The van der Waals surface area contributed by atoms with Crippen molar-refractivity contribution in [3.05, 3.63) is 29.3 Å². The van der Waals surface area contributed by atoms with Gasteiger partial charge >= 0.3 is 0 Å². The van der Waals surface area contributed by atoms with Crippen molar-refractivity contribution in [3.8, 4) is 5.75 Å². The molecule has 0 spiro atoms. The predicted octanol–water partition coefficient (Wildman–Crippen LogP) is 4.48. The number of aryl methyl sites for hydroxylation is 1. The smallest absolute Gasteiger partial charge is 0.122 e. The molecule has 2 nitrogen and oxygen atoms in total. The van der Waals surface area contributed by atoms with Crippen molar-refractivity contribution in [2.75, 3.05) is 13.7 Å². The van der Waals surface area contributed by atoms with Gasteiger partial charge in [-0.1, -0.05) is 32.9 Å². The van der Waals surface area contributed by atoms with Gasteiger partial charge < -0.3 is 10.1 Å². The van der Waals surface area contributed by atoms with Gasteiger partial charge in [-0.3, -0.25) is 0 Å². The maximum atomic E-state index is 5.44. The minimum atomic E-state index is 0.442. The Labute approximate surface area is 118 Å². The van der Waals surface area contributed by atoms with E-state index in [2.05, 4.69) is 51.2 Å². The molecule has 108 valence electrons. The third-order valence-corrected chi connectivity index (χ3v) is 3.51. The quantitative estimate of drug-likeness (QED) is 0.746. The average Bonchev–Trinajstić information content (AvgIpc) is 2.39. The van der Waals surface area contributed by atoms with E-state index < -0.39 is 0 Å². The van der Waals surface area contributed by atoms with Gasteiger partial charge in [0.15, 0.2) is 0 Å². The molecule has 0 fully saturated rings. The van der Waals surface area contributed by atoms with Crippen LogP contribution in [0.1, 0.15) is 57.2 Å². The minimum absolute atomic E-state index is 0.442. The Bertz CT molecular complexity index is 374. The highest BCUT2D eigenvalue weighted by Crippen LogP contribution is 2.26. The van der Waals surface area contributed by atoms with Crippen LogP contribution < -0.4 is 10.1 Å². The fraction of sp³-hybridized carbons (Fsp3) is 0.647. The first-order valence-electron chi connectivity index (χ1n) is 7.46. The summed E-state index contributed by atoms with van der Waals surface area (Å²) in [6.45, 7) is 9.94. The fourth-order valence-electron chi connectivity index (χ4n) is 2.26. The Kier molecular flexibility index (Phi) is 6.93. The molecule has 0 saturated carbocycles. The third-order valence-electron chi connectivity index (χ3n) is 3.51. The lowest BCUT2D eigenvalue weighted by Gasteiger charge is -2.21. The zero-order valence-electron chi connectivity index (χ0n) is 13.1. The molecule has 1 aromatic carbocycles. The van der Waals surface area contributed by atoms with Crippen LogP contribution in [0, 0.1) is 12.8 Å². The van der Waals surface area contributed by atoms with Gasteiger partial charge in [-0.15, -0.1) is 0 Å². The van der Waals surface area contributed by atoms with Crippen LogP contribution in [-0.4, -0.2) is 13.7 Å². The molecule has 0 aliphatic rings. The van der Waals surface area contributed by atoms with E-state index in [1.54, 1.807) is 7.11 Å². The molecule has 0 bridgehead atoms. The highest BCUT2D eigenvalue weighted by molar-refractivity contribution is 5.37. The van der Waals surface area contributed by atoms with E-state index in [-0.39, 0.29) is 0 Å². The number of methoxy groups -OCH3 is 1. The molecule has 0 aliphatic carbocycles. The summed E-state index contributed by atoms with van der Waals surface area (Å²) >= 11 is 0. The van der Waals surface area contributed by atoms with E-state index in [4.69, 9.17) is 4.74 Å². The fourth-order valence-corrected chi connectivity index (χ4v) is 2.26. The summed E-state index contributed by atoms with van der Waals surface area (Å²) in [4.78, 5) is 0. The Morgan fingerprint density at radius 1 is 1.21 bits per heavy atom. The number of hydrogen-bond acceptors (Lipinski definition) is 2. The van der Waals surface area contributed by atoms with Crippen LogP contribution in [0.25, 0.3) is 0 Å². The van der Waals surface area contributed by atoms with Crippen molar-refractivity contribution in [2.24, 2.45) is 5.92 Å². The van der Waals surface area contributed by atoms with Gasteiger partial charge in [-0.05, 0) is 55.8 Å². The second kappa shape index (κ2) is 8.21. The largest absolute Gasteiger partial charge is 0.496 e. The molecule has 19 heavy (non-hydrogen) atoms. The SMILES string of the molecule is CCCNC(CCC(C)C)c1ccc(C)c(OC)c1. The number of nitrogens with one attached hydrogen (secondary N) is 1. The maximum Gasteiger partial charge on any atom is 0.122 e. The molecule has 1 rings (SSSR count). The van der Waals surface area contributed by atoms with Crippen molar-refractivity contribution in [1.29, 1.82) is 0 Å². The highest BCUT2D eigenvalue weighted by atomic mass is 16.5. The Hall–Kier alpha value is -1.02. The summed E-state index contributed by atoms with van der Waals surface area (Å²) in [5.41, 5.74) is 2.54. The van der Waals surface area contributed by atoms with Crippen LogP contribution >= 0.6 is 0 Å². The van der Waals surface area contributed by atoms with E-state index >= 15 is 0 Å². The monoisotopic (exact) mass is 263 g/mol. The normalized spacial score (nSPS) is 12.7. The molecule has 0 aliphatic heterocycles. The molecule has 2 heteroatoms. The van der Waals surface area contributed by atoms with Crippen LogP contribution in [0.2, 0.25) is 0 Å². The second-order valence-corrected chi connectivity index (χ2v) is 5.71. The molecule has 0 heterocycles. The Morgan fingerprint density at radius 2 is 1.95 bits per heavy atom. The number of ether oxygens (including phenoxy) is 1. The summed E-state index contributed by atoms with van der Waals surface area (Å²) in [6, 6.07) is 7.01. The van der Waals surface area contributed by atoms with Crippen molar-refractivity contribution < 1.29 is 4.74 Å². The topological polar surface area (TPSA) is 21.3 Å². The van der Waals surface area contributed by atoms with Gasteiger partial charge in [-0.25, -0.2) is 0 Å². The lowest BCUT2D eigenvalue weighted by atomic mass is 9.96. The lowest BCUT2D eigenvalue weighted by Crippen LogP contribution is -2.22. The Morgan fingerprint density at radius 3 is 2.53 bits per heavy atom. The van der Waals surface area contributed by atoms with Crippen molar-refractivity contribution in [1.82, 2.24) is 5.32 Å². The minimum Gasteiger partial charge on any atom is -0.496 e. The number of benzene rings is 1. The summed E-state index contributed by atoms with van der Waals surface area (Å²) in [6.07, 6.45) is 3.60. The Balaban J connectivity index is 2.82. The number of hydrogen-bond donors (Lipinski definition) is 1. The van der Waals surface area contributed by atoms with Crippen LogP contribution in [0.3, 0.4) is 0 Å². The van der Waals surface area contributed by atoms with Gasteiger partial charge in [0.1, 0.15) is 5.75 Å². The average molecular weight is 263 g/mol. The standard InChI is InChI=1S/C17H29NO/c1-6-11-18-16(10-7-13(2)3)15-9-8-14(4)17(12-15)19-5/h8-9,12-13,16,18H,6-7,10-11H2,1-5H3. The zero-order chi connectivity index (χ0) is 14.3. The third kappa shape index (κ3) is 5.23. The first-order chi connectivity index (χ1) is 9.08. The van der Waals surface area contributed by atoms with Crippen LogP contribution in [0.15, 0.2) is 18.2 Å². The lowest BCUT2D eigenvalue weighted by molar-refractivity contribution is 0.406. The van der Waals surface area contributed by atoms with Crippen LogP contribution in [-0.2, 0) is 0 Å². The van der Waals surface area contributed by atoms with Crippen molar-refractivity contribution in [2.45, 2.75) is 53.0 Å². The highest BCUT2D eigenvalue weighted by Gasteiger charge is 2.13. The first kappa shape index (κ1) is 16.0. The van der Waals surface area contributed by atoms with E-state index in [1.807, 2.05) is 0 Å². The zero-order valence-corrected chi connectivity index (χ0v) is 13.1. The molecule has 0 amide bonds. The van der Waals surface area contributed by atoms with E-state index in [0.717, 1.165) is 18.2 Å². The van der Waals surface area contributed by atoms with Gasteiger partial charge in [-0.2, -0.15) is 0 Å². The first-order valence-corrected chi connectivity index (χ1v) is 7.46. The molecule has 0 saturated heterocycles. The molecule has 1 atom stereocenters. The van der Waals surface area contributed by atoms with Crippen LogP contribution in [0.5, 0.6) is 5.75 Å². The molecule has 0 radical (unpaired) electrons. The van der Waals surface area contributed by atoms with Crippen molar-refractivity contribution in [3.63, 3.8) is 0 Å².